The molecule has 1 heterocycles. The van der Waals surface area contributed by atoms with E-state index in [0.717, 1.165) is 52.8 Å². The minimum Gasteiger partial charge on any atom is -0.497 e. The normalized spacial score (nSPS) is 14.9. The van der Waals surface area contributed by atoms with Gasteiger partial charge in [-0.05, 0) is 58.1 Å². The van der Waals surface area contributed by atoms with Crippen LogP contribution in [-0.2, 0) is 11.2 Å². The van der Waals surface area contributed by atoms with Crippen molar-refractivity contribution in [1.82, 2.24) is 14.8 Å². The zero-order chi connectivity index (χ0) is 20.8. The van der Waals surface area contributed by atoms with Gasteiger partial charge in [0.15, 0.2) is 0 Å². The molecular weight excluding hydrogens is 382 g/mol. The van der Waals surface area contributed by atoms with Gasteiger partial charge in [0.2, 0.25) is 5.91 Å². The van der Waals surface area contributed by atoms with Crippen molar-refractivity contribution in [1.29, 1.82) is 0 Å². The summed E-state index contributed by atoms with van der Waals surface area (Å²) >= 11 is 1.64. The molecule has 0 aliphatic heterocycles. The Morgan fingerprint density at radius 1 is 1.14 bits per heavy atom. The highest BCUT2D eigenvalue weighted by Crippen LogP contribution is 2.31. The summed E-state index contributed by atoms with van der Waals surface area (Å²) in [5.74, 6) is 1.06. The standard InChI is InChI=1S/C23H33N3O2S/c1-17-24-23(18-10-12-20(28-4)13-11-18)21(29-17)16-22(27)26(15-14-25(2)3)19-8-6-5-7-9-19/h10-13,19H,5-9,14-16H2,1-4H3. The Balaban J connectivity index is 1.79. The molecule has 0 N–H and O–H groups in total. The molecule has 0 saturated heterocycles. The Hall–Kier alpha value is -1.92. The third kappa shape index (κ3) is 5.80. The topological polar surface area (TPSA) is 45.7 Å². The van der Waals surface area contributed by atoms with Gasteiger partial charge in [0, 0.05) is 29.6 Å². The average molecular weight is 416 g/mol. The summed E-state index contributed by atoms with van der Waals surface area (Å²) in [5, 5.41) is 0.996. The fourth-order valence-electron chi connectivity index (χ4n) is 4.01. The Labute approximate surface area is 178 Å². The fraction of sp³-hybridized carbons (Fsp3) is 0.565. The quantitative estimate of drug-likeness (QED) is 0.641. The Kier molecular flexibility index (Phi) is 7.67. The summed E-state index contributed by atoms with van der Waals surface area (Å²) in [7, 11) is 5.80. The lowest BCUT2D eigenvalue weighted by atomic mass is 9.94. The lowest BCUT2D eigenvalue weighted by Gasteiger charge is -2.35. The minimum absolute atomic E-state index is 0.233. The molecule has 6 heteroatoms. The smallest absolute Gasteiger partial charge is 0.228 e. The third-order valence-corrected chi connectivity index (χ3v) is 6.57. The number of hydrogen-bond donors (Lipinski definition) is 0. The molecule has 2 aromatic rings. The van der Waals surface area contributed by atoms with Gasteiger partial charge in [-0.1, -0.05) is 19.3 Å². The van der Waals surface area contributed by atoms with Crippen LogP contribution in [0.5, 0.6) is 5.75 Å². The molecule has 1 aromatic carbocycles. The predicted octanol–water partition coefficient (Wildman–Crippen LogP) is 4.39. The number of methoxy groups -OCH3 is 1. The molecule has 158 valence electrons. The van der Waals surface area contributed by atoms with Gasteiger partial charge in [-0.3, -0.25) is 4.79 Å². The number of aryl methyl sites for hydroxylation is 1. The third-order valence-electron chi connectivity index (χ3n) is 5.60. The van der Waals surface area contributed by atoms with Crippen LogP contribution in [0.15, 0.2) is 24.3 Å². The maximum atomic E-state index is 13.4. The molecule has 0 unspecified atom stereocenters. The van der Waals surface area contributed by atoms with Crippen LogP contribution in [0.25, 0.3) is 11.3 Å². The molecule has 1 fully saturated rings. The van der Waals surface area contributed by atoms with E-state index < -0.39 is 0 Å². The summed E-state index contributed by atoms with van der Waals surface area (Å²) in [5.41, 5.74) is 1.97. The van der Waals surface area contributed by atoms with Crippen LogP contribution < -0.4 is 4.74 Å². The van der Waals surface area contributed by atoms with Crippen molar-refractivity contribution in [3.8, 4) is 17.0 Å². The predicted molar refractivity (Wildman–Crippen MR) is 120 cm³/mol. The zero-order valence-electron chi connectivity index (χ0n) is 18.1. The van der Waals surface area contributed by atoms with Crippen LogP contribution in [-0.4, -0.2) is 61.0 Å². The summed E-state index contributed by atoms with van der Waals surface area (Å²) in [6, 6.07) is 8.32. The molecule has 1 saturated carbocycles. The van der Waals surface area contributed by atoms with Gasteiger partial charge >= 0.3 is 0 Å². The number of likely N-dealkylation sites (N-methyl/N-ethyl adjacent to an activating group) is 1. The molecular formula is C23H33N3O2S. The highest BCUT2D eigenvalue weighted by atomic mass is 32.1. The monoisotopic (exact) mass is 415 g/mol. The number of thiazole rings is 1. The number of amides is 1. The number of hydrogen-bond acceptors (Lipinski definition) is 5. The maximum Gasteiger partial charge on any atom is 0.228 e. The van der Waals surface area contributed by atoms with Crippen LogP contribution in [0.2, 0.25) is 0 Å². The van der Waals surface area contributed by atoms with Crippen LogP contribution in [0.3, 0.4) is 0 Å². The van der Waals surface area contributed by atoms with Crippen molar-refractivity contribution in [2.45, 2.75) is 51.5 Å². The first-order chi connectivity index (χ1) is 14.0. The van der Waals surface area contributed by atoms with Crippen LogP contribution in [0.4, 0.5) is 0 Å². The van der Waals surface area contributed by atoms with Crippen molar-refractivity contribution in [3.05, 3.63) is 34.2 Å². The molecule has 5 nitrogen and oxygen atoms in total. The van der Waals surface area contributed by atoms with Crippen LogP contribution in [0, 0.1) is 6.92 Å². The van der Waals surface area contributed by atoms with E-state index in [1.165, 1.54) is 19.3 Å². The van der Waals surface area contributed by atoms with E-state index in [4.69, 9.17) is 9.72 Å². The van der Waals surface area contributed by atoms with Gasteiger partial charge in [-0.2, -0.15) is 0 Å². The van der Waals surface area contributed by atoms with Crippen molar-refractivity contribution < 1.29 is 9.53 Å². The second-order valence-electron chi connectivity index (χ2n) is 8.09. The molecule has 29 heavy (non-hydrogen) atoms. The van der Waals surface area contributed by atoms with Crippen LogP contribution >= 0.6 is 11.3 Å². The molecule has 0 atom stereocenters. The summed E-state index contributed by atoms with van der Waals surface area (Å²) in [6.07, 6.45) is 6.44. The first kappa shape index (κ1) is 21.8. The van der Waals surface area contributed by atoms with Crippen molar-refractivity contribution in [2.24, 2.45) is 0 Å². The summed E-state index contributed by atoms with van der Waals surface area (Å²) in [6.45, 7) is 3.71. The second kappa shape index (κ2) is 10.2. The van der Waals surface area contributed by atoms with E-state index in [9.17, 15) is 4.79 Å². The zero-order valence-corrected chi connectivity index (χ0v) is 18.9. The van der Waals surface area contributed by atoms with Crippen molar-refractivity contribution in [2.75, 3.05) is 34.3 Å². The fourth-order valence-corrected chi connectivity index (χ4v) is 4.96. The van der Waals surface area contributed by atoms with Crippen molar-refractivity contribution in [3.63, 3.8) is 0 Å². The largest absolute Gasteiger partial charge is 0.497 e. The number of aromatic nitrogens is 1. The van der Waals surface area contributed by atoms with Gasteiger partial charge in [0.05, 0.1) is 24.2 Å². The van der Waals surface area contributed by atoms with Gasteiger partial charge in [-0.15, -0.1) is 11.3 Å². The average Bonchev–Trinajstić information content (AvgIpc) is 3.08. The Bertz CT molecular complexity index is 795. The van der Waals surface area contributed by atoms with Crippen molar-refractivity contribution >= 4 is 17.2 Å². The highest BCUT2D eigenvalue weighted by molar-refractivity contribution is 7.12. The first-order valence-electron chi connectivity index (χ1n) is 10.5. The molecule has 3 rings (SSSR count). The molecule has 1 aliphatic carbocycles. The molecule has 1 amide bonds. The summed E-state index contributed by atoms with van der Waals surface area (Å²) < 4.78 is 5.27. The number of benzene rings is 1. The first-order valence-corrected chi connectivity index (χ1v) is 11.3. The highest BCUT2D eigenvalue weighted by Gasteiger charge is 2.26. The van der Waals surface area contributed by atoms with E-state index in [1.54, 1.807) is 18.4 Å². The summed E-state index contributed by atoms with van der Waals surface area (Å²) in [4.78, 5) is 23.5. The molecule has 0 radical (unpaired) electrons. The second-order valence-corrected chi connectivity index (χ2v) is 9.38. The maximum absolute atomic E-state index is 13.4. The van der Waals surface area contributed by atoms with Crippen LogP contribution in [0.1, 0.15) is 42.0 Å². The Morgan fingerprint density at radius 3 is 2.45 bits per heavy atom. The van der Waals surface area contributed by atoms with Gasteiger partial charge in [0.25, 0.3) is 0 Å². The molecule has 1 aliphatic rings. The molecule has 0 bridgehead atoms. The Morgan fingerprint density at radius 2 is 1.83 bits per heavy atom. The number of carbonyl (C=O) groups is 1. The van der Waals surface area contributed by atoms with Gasteiger partial charge in [0.1, 0.15) is 5.75 Å². The van der Waals surface area contributed by atoms with Gasteiger partial charge < -0.3 is 14.5 Å². The number of rotatable bonds is 8. The lowest BCUT2D eigenvalue weighted by Crippen LogP contribution is -2.45. The van der Waals surface area contributed by atoms with E-state index in [1.807, 2.05) is 31.2 Å². The van der Waals surface area contributed by atoms with E-state index in [0.29, 0.717) is 12.5 Å². The number of carbonyl (C=O) groups excluding carboxylic acids is 1. The number of nitrogens with zero attached hydrogens (tertiary/aromatic N) is 3. The van der Waals surface area contributed by atoms with Gasteiger partial charge in [-0.25, -0.2) is 4.98 Å². The SMILES string of the molecule is COc1ccc(-c2nc(C)sc2CC(=O)N(CCN(C)C)C2CCCCC2)cc1. The van der Waals surface area contributed by atoms with E-state index >= 15 is 0 Å². The minimum atomic E-state index is 0.233. The van der Waals surface area contributed by atoms with E-state index in [2.05, 4.69) is 23.9 Å². The lowest BCUT2D eigenvalue weighted by molar-refractivity contribution is -0.133. The number of ether oxygens (including phenoxy) is 1. The molecule has 0 spiro atoms. The van der Waals surface area contributed by atoms with E-state index in [-0.39, 0.29) is 5.91 Å². The molecule has 1 aromatic heterocycles.